The van der Waals surface area contributed by atoms with Crippen LogP contribution in [0.3, 0.4) is 0 Å². The fourth-order valence-electron chi connectivity index (χ4n) is 1.56. The lowest BCUT2D eigenvalue weighted by atomic mass is 10.4. The summed E-state index contributed by atoms with van der Waals surface area (Å²) in [4.78, 5) is 12.8. The fraction of sp³-hybridized carbons (Fsp3) is 0.417. The van der Waals surface area contributed by atoms with E-state index in [0.717, 1.165) is 4.31 Å². The van der Waals surface area contributed by atoms with Crippen molar-refractivity contribution in [2.24, 2.45) is 0 Å². The Kier molecular flexibility index (Phi) is 6.79. The average Bonchev–Trinajstić information content (AvgIpc) is 2.36. The van der Waals surface area contributed by atoms with Crippen LogP contribution in [0.1, 0.15) is 0 Å². The maximum Gasteiger partial charge on any atom is 0.318 e. The number of carboxylic acids is 1. The maximum absolute atomic E-state index is 12.6. The molecule has 0 radical (unpaired) electrons. The summed E-state index contributed by atoms with van der Waals surface area (Å²) in [7, 11) is -0.312. The van der Waals surface area contributed by atoms with E-state index >= 15 is 0 Å². The van der Waals surface area contributed by atoms with Crippen LogP contribution in [0.25, 0.3) is 0 Å². The minimum atomic E-state index is -3.90. The van der Waals surface area contributed by atoms with Crippen molar-refractivity contribution in [3.63, 3.8) is 0 Å². The first-order chi connectivity index (χ1) is 9.64. The molecular formula is C12H16Br2N2O4S. The number of hydrogen-bond donors (Lipinski definition) is 1. The fourth-order valence-corrected chi connectivity index (χ4v) is 4.40. The molecule has 1 aromatic carbocycles. The van der Waals surface area contributed by atoms with Crippen molar-refractivity contribution < 1.29 is 18.3 Å². The first-order valence-corrected chi connectivity index (χ1v) is 8.99. The van der Waals surface area contributed by atoms with Crippen LogP contribution in [0.4, 0.5) is 0 Å². The Morgan fingerprint density at radius 2 is 1.86 bits per heavy atom. The molecule has 0 atom stereocenters. The second-order valence-corrected chi connectivity index (χ2v) is 8.29. The lowest BCUT2D eigenvalue weighted by Crippen LogP contribution is -2.40. The predicted molar refractivity (Wildman–Crippen MR) is 86.8 cm³/mol. The molecule has 0 spiro atoms. The molecule has 1 rings (SSSR count). The van der Waals surface area contributed by atoms with Gasteiger partial charge in [0, 0.05) is 22.0 Å². The summed E-state index contributed by atoms with van der Waals surface area (Å²) in [6.07, 6.45) is 0. The number of nitrogens with zero attached hydrogens (tertiary/aromatic N) is 2. The van der Waals surface area contributed by atoms with Crippen LogP contribution in [0.2, 0.25) is 0 Å². The Hall–Kier alpha value is -0.480. The standard InChI is InChI=1S/C12H16Br2N2O4S/c1-15(2)5-6-16(8-12(17)18)21(19,20)11-7-9(13)3-4-10(11)14/h3-4,7H,5-6,8H2,1-2H3,(H,17,18). The molecule has 9 heteroatoms. The Morgan fingerprint density at radius 1 is 1.24 bits per heavy atom. The van der Waals surface area contributed by atoms with E-state index in [0.29, 0.717) is 15.5 Å². The monoisotopic (exact) mass is 442 g/mol. The summed E-state index contributed by atoms with van der Waals surface area (Å²) in [6, 6.07) is 4.75. The quantitative estimate of drug-likeness (QED) is 0.695. The third-order valence-electron chi connectivity index (χ3n) is 2.62. The van der Waals surface area contributed by atoms with Crippen molar-refractivity contribution >= 4 is 47.9 Å². The molecule has 0 amide bonds. The van der Waals surface area contributed by atoms with E-state index in [-0.39, 0.29) is 11.4 Å². The largest absolute Gasteiger partial charge is 0.480 e. The number of aliphatic carboxylic acids is 1. The van der Waals surface area contributed by atoms with Gasteiger partial charge in [-0.1, -0.05) is 15.9 Å². The Balaban J connectivity index is 3.19. The Bertz CT molecular complexity index is 620. The van der Waals surface area contributed by atoms with Crippen LogP contribution in [0.5, 0.6) is 0 Å². The van der Waals surface area contributed by atoms with Gasteiger partial charge in [0.15, 0.2) is 0 Å². The van der Waals surface area contributed by atoms with Gasteiger partial charge in [-0.2, -0.15) is 4.31 Å². The third-order valence-corrected chi connectivity index (χ3v) is 5.95. The zero-order valence-electron chi connectivity index (χ0n) is 11.6. The number of sulfonamides is 1. The summed E-state index contributed by atoms with van der Waals surface area (Å²) in [5.41, 5.74) is 0. The topological polar surface area (TPSA) is 77.9 Å². The molecule has 118 valence electrons. The molecule has 0 aliphatic carbocycles. The molecule has 0 saturated carbocycles. The smallest absolute Gasteiger partial charge is 0.318 e. The number of carboxylic acid groups (broad SMARTS) is 1. The lowest BCUT2D eigenvalue weighted by Gasteiger charge is -2.22. The highest BCUT2D eigenvalue weighted by Gasteiger charge is 2.28. The van der Waals surface area contributed by atoms with E-state index in [2.05, 4.69) is 31.9 Å². The van der Waals surface area contributed by atoms with Gasteiger partial charge >= 0.3 is 5.97 Å². The van der Waals surface area contributed by atoms with Crippen molar-refractivity contribution in [3.05, 3.63) is 27.1 Å². The van der Waals surface area contributed by atoms with Gasteiger partial charge in [0.05, 0.1) is 4.90 Å². The summed E-state index contributed by atoms with van der Waals surface area (Å²) in [5, 5.41) is 8.94. The van der Waals surface area contributed by atoms with Gasteiger partial charge in [-0.05, 0) is 48.2 Å². The van der Waals surface area contributed by atoms with Gasteiger partial charge in [-0.25, -0.2) is 8.42 Å². The third kappa shape index (κ3) is 5.33. The van der Waals surface area contributed by atoms with Crippen molar-refractivity contribution in [2.75, 3.05) is 33.7 Å². The van der Waals surface area contributed by atoms with Gasteiger partial charge in [0.25, 0.3) is 0 Å². The first-order valence-electron chi connectivity index (χ1n) is 5.96. The van der Waals surface area contributed by atoms with E-state index in [1.165, 1.54) is 6.07 Å². The maximum atomic E-state index is 12.6. The molecule has 21 heavy (non-hydrogen) atoms. The van der Waals surface area contributed by atoms with E-state index in [4.69, 9.17) is 5.11 Å². The molecular weight excluding hydrogens is 428 g/mol. The summed E-state index contributed by atoms with van der Waals surface area (Å²) in [5.74, 6) is -1.19. The number of hydrogen-bond acceptors (Lipinski definition) is 4. The van der Waals surface area contributed by atoms with Gasteiger partial charge in [0.2, 0.25) is 10.0 Å². The Morgan fingerprint density at radius 3 is 2.38 bits per heavy atom. The minimum absolute atomic E-state index is 0.0388. The highest BCUT2D eigenvalue weighted by molar-refractivity contribution is 9.11. The molecule has 0 aromatic heterocycles. The number of carbonyl (C=O) groups is 1. The van der Waals surface area contributed by atoms with Crippen LogP contribution in [0, 0.1) is 0 Å². The van der Waals surface area contributed by atoms with E-state index in [1.807, 2.05) is 0 Å². The molecule has 0 fully saturated rings. The zero-order chi connectivity index (χ0) is 16.2. The van der Waals surface area contributed by atoms with Crippen LogP contribution in [0.15, 0.2) is 32.0 Å². The summed E-state index contributed by atoms with van der Waals surface area (Å²) in [6.45, 7) is -0.0478. The zero-order valence-corrected chi connectivity index (χ0v) is 15.6. The summed E-state index contributed by atoms with van der Waals surface area (Å²) < 4.78 is 27.3. The van der Waals surface area contributed by atoms with Crippen molar-refractivity contribution in [1.82, 2.24) is 9.21 Å². The normalized spacial score (nSPS) is 12.1. The van der Waals surface area contributed by atoms with Crippen molar-refractivity contribution in [2.45, 2.75) is 4.90 Å². The highest BCUT2D eigenvalue weighted by atomic mass is 79.9. The van der Waals surface area contributed by atoms with E-state index in [1.54, 1.807) is 31.1 Å². The molecule has 0 unspecified atom stereocenters. The lowest BCUT2D eigenvalue weighted by molar-refractivity contribution is -0.137. The molecule has 0 aliphatic heterocycles. The number of benzene rings is 1. The first kappa shape index (κ1) is 18.6. The molecule has 0 saturated heterocycles. The molecule has 0 heterocycles. The van der Waals surface area contributed by atoms with Crippen LogP contribution in [-0.2, 0) is 14.8 Å². The van der Waals surface area contributed by atoms with Crippen LogP contribution >= 0.6 is 31.9 Å². The molecule has 1 N–H and O–H groups in total. The minimum Gasteiger partial charge on any atom is -0.480 e. The number of halogens is 2. The molecule has 6 nitrogen and oxygen atoms in total. The Labute approximate surface area is 141 Å². The SMILES string of the molecule is CN(C)CCN(CC(=O)O)S(=O)(=O)c1cc(Br)ccc1Br. The average molecular weight is 444 g/mol. The predicted octanol–water partition coefficient (Wildman–Crippen LogP) is 1.85. The van der Waals surface area contributed by atoms with Gasteiger partial charge in [0.1, 0.15) is 6.54 Å². The highest BCUT2D eigenvalue weighted by Crippen LogP contribution is 2.28. The number of likely N-dealkylation sites (N-methyl/N-ethyl adjacent to an activating group) is 1. The van der Waals surface area contributed by atoms with E-state index in [9.17, 15) is 13.2 Å². The molecule has 0 aliphatic rings. The second kappa shape index (κ2) is 7.68. The van der Waals surface area contributed by atoms with Gasteiger partial charge in [-0.15, -0.1) is 0 Å². The number of rotatable bonds is 7. The van der Waals surface area contributed by atoms with Crippen molar-refractivity contribution in [3.8, 4) is 0 Å². The van der Waals surface area contributed by atoms with Crippen molar-refractivity contribution in [1.29, 1.82) is 0 Å². The van der Waals surface area contributed by atoms with Gasteiger partial charge in [-0.3, -0.25) is 4.79 Å². The second-order valence-electron chi connectivity index (χ2n) is 4.61. The van der Waals surface area contributed by atoms with Gasteiger partial charge < -0.3 is 10.0 Å². The molecule has 0 bridgehead atoms. The van der Waals surface area contributed by atoms with Crippen LogP contribution < -0.4 is 0 Å². The van der Waals surface area contributed by atoms with Crippen LogP contribution in [-0.4, -0.2) is 62.4 Å². The molecule has 1 aromatic rings. The summed E-state index contributed by atoms with van der Waals surface area (Å²) >= 11 is 6.42. The van der Waals surface area contributed by atoms with E-state index < -0.39 is 22.5 Å².